The van der Waals surface area contributed by atoms with Gasteiger partial charge in [0.15, 0.2) is 0 Å². The third-order valence-corrected chi connectivity index (χ3v) is 4.23. The number of hydrogen-bond donors (Lipinski definition) is 0. The van der Waals surface area contributed by atoms with Crippen molar-refractivity contribution >= 4 is 19.7 Å². The van der Waals surface area contributed by atoms with Gasteiger partial charge in [0.1, 0.15) is 4.90 Å². The second-order valence-corrected chi connectivity index (χ2v) is 6.77. The second kappa shape index (κ2) is 4.40. The maximum Gasteiger partial charge on any atom is 0.264 e. The number of hydrogen-bond acceptors (Lipinski definition) is 3. The minimum absolute atomic E-state index is 0.0455. The largest absolute Gasteiger partial charge is 0.264 e. The summed E-state index contributed by atoms with van der Waals surface area (Å²) in [4.78, 5) is 0.0455. The zero-order chi connectivity index (χ0) is 13.5. The van der Waals surface area contributed by atoms with Gasteiger partial charge < -0.3 is 0 Å². The normalized spacial score (nSPS) is 11.8. The van der Waals surface area contributed by atoms with Crippen LogP contribution in [0.2, 0.25) is 0 Å². The van der Waals surface area contributed by atoms with Gasteiger partial charge in [-0.05, 0) is 32.4 Å². The van der Waals surface area contributed by atoms with E-state index < -0.39 is 9.05 Å². The summed E-state index contributed by atoms with van der Waals surface area (Å²) in [6.07, 6.45) is 1.27. The molecule has 0 radical (unpaired) electrons. The molecular formula is C12H13ClN2O2S. The molecule has 0 spiro atoms. The molecule has 0 aliphatic heterocycles. The molecule has 2 aromatic rings. The highest BCUT2D eigenvalue weighted by atomic mass is 35.7. The van der Waals surface area contributed by atoms with Gasteiger partial charge in [0.2, 0.25) is 0 Å². The Hall–Kier alpha value is -1.33. The molecule has 0 saturated heterocycles. The van der Waals surface area contributed by atoms with Gasteiger partial charge in [-0.25, -0.2) is 13.1 Å². The average Bonchev–Trinajstić information content (AvgIpc) is 2.60. The summed E-state index contributed by atoms with van der Waals surface area (Å²) in [7, 11) is 1.60. The van der Waals surface area contributed by atoms with E-state index in [9.17, 15) is 8.42 Å². The Morgan fingerprint density at radius 1 is 1.22 bits per heavy atom. The topological polar surface area (TPSA) is 52.0 Å². The van der Waals surface area contributed by atoms with Crippen LogP contribution in [0.1, 0.15) is 16.8 Å². The summed E-state index contributed by atoms with van der Waals surface area (Å²) in [6.45, 7) is 5.64. The molecule has 4 nitrogen and oxygen atoms in total. The molecule has 1 aromatic heterocycles. The van der Waals surface area contributed by atoms with E-state index in [0.29, 0.717) is 5.69 Å². The second-order valence-electron chi connectivity index (χ2n) is 4.23. The van der Waals surface area contributed by atoms with Gasteiger partial charge in [-0.1, -0.05) is 17.7 Å². The van der Waals surface area contributed by atoms with Crippen LogP contribution in [0.15, 0.2) is 29.3 Å². The van der Waals surface area contributed by atoms with Crippen molar-refractivity contribution in [2.75, 3.05) is 0 Å². The summed E-state index contributed by atoms with van der Waals surface area (Å²) in [5.74, 6) is 0. The lowest BCUT2D eigenvalue weighted by molar-refractivity contribution is 0.609. The number of rotatable bonds is 2. The first-order valence-electron chi connectivity index (χ1n) is 5.37. The van der Waals surface area contributed by atoms with Gasteiger partial charge >= 0.3 is 0 Å². The highest BCUT2D eigenvalue weighted by Gasteiger charge is 2.19. The molecule has 1 aromatic carbocycles. The molecule has 18 heavy (non-hydrogen) atoms. The third-order valence-electron chi connectivity index (χ3n) is 2.81. The summed E-state index contributed by atoms with van der Waals surface area (Å²) in [6, 6.07) is 5.89. The van der Waals surface area contributed by atoms with E-state index in [4.69, 9.17) is 10.7 Å². The molecule has 0 amide bonds. The van der Waals surface area contributed by atoms with Crippen LogP contribution in [0, 0.1) is 20.8 Å². The van der Waals surface area contributed by atoms with Crippen LogP contribution in [-0.2, 0) is 9.05 Å². The molecule has 0 fully saturated rings. The predicted molar refractivity (Wildman–Crippen MR) is 70.8 cm³/mol. The van der Waals surface area contributed by atoms with Gasteiger partial charge in [0.05, 0.1) is 17.6 Å². The molecule has 6 heteroatoms. The number of nitrogens with zero attached hydrogens (tertiary/aromatic N) is 2. The molecule has 0 unspecified atom stereocenters. The zero-order valence-electron chi connectivity index (χ0n) is 10.3. The van der Waals surface area contributed by atoms with E-state index in [1.165, 1.54) is 6.20 Å². The molecular weight excluding hydrogens is 272 g/mol. The highest BCUT2D eigenvalue weighted by molar-refractivity contribution is 8.13. The van der Waals surface area contributed by atoms with Crippen molar-refractivity contribution in [2.45, 2.75) is 25.7 Å². The van der Waals surface area contributed by atoms with E-state index in [1.54, 1.807) is 11.6 Å². The number of benzene rings is 1. The zero-order valence-corrected chi connectivity index (χ0v) is 11.9. The van der Waals surface area contributed by atoms with Crippen LogP contribution in [0.5, 0.6) is 0 Å². The van der Waals surface area contributed by atoms with Crippen molar-refractivity contribution in [3.05, 3.63) is 41.2 Å². The number of aryl methyl sites for hydroxylation is 2. The van der Waals surface area contributed by atoms with Gasteiger partial charge in [-0.3, -0.25) is 0 Å². The van der Waals surface area contributed by atoms with Gasteiger partial charge in [-0.2, -0.15) is 5.10 Å². The van der Waals surface area contributed by atoms with Crippen LogP contribution in [0.25, 0.3) is 5.69 Å². The molecule has 0 aliphatic rings. The molecule has 2 rings (SSSR count). The molecule has 1 heterocycles. The molecule has 0 saturated carbocycles. The lowest BCUT2D eigenvalue weighted by Gasteiger charge is -2.09. The standard InChI is InChI=1S/C12H13ClN2O2S/c1-8-4-5-11(9(2)6-8)15-10(3)12(7-14-15)18(13,16)17/h4-7H,1-3H3. The van der Waals surface area contributed by atoms with E-state index in [-0.39, 0.29) is 4.90 Å². The third kappa shape index (κ3) is 2.28. The van der Waals surface area contributed by atoms with Gasteiger partial charge in [0.25, 0.3) is 9.05 Å². The lowest BCUT2D eigenvalue weighted by atomic mass is 10.1. The quantitative estimate of drug-likeness (QED) is 0.797. The SMILES string of the molecule is Cc1ccc(-n2ncc(S(=O)(=O)Cl)c2C)c(C)c1. The maximum absolute atomic E-state index is 11.3. The fraction of sp³-hybridized carbons (Fsp3) is 0.250. The number of halogens is 1. The molecule has 0 bridgehead atoms. The van der Waals surface area contributed by atoms with Crippen LogP contribution < -0.4 is 0 Å². The van der Waals surface area contributed by atoms with E-state index >= 15 is 0 Å². The van der Waals surface area contributed by atoms with E-state index in [2.05, 4.69) is 5.10 Å². The van der Waals surface area contributed by atoms with E-state index in [1.807, 2.05) is 32.0 Å². The van der Waals surface area contributed by atoms with Crippen molar-refractivity contribution in [2.24, 2.45) is 0 Å². The van der Waals surface area contributed by atoms with Crippen LogP contribution >= 0.6 is 10.7 Å². The summed E-state index contributed by atoms with van der Waals surface area (Å²) in [5.41, 5.74) is 3.53. The first-order chi connectivity index (χ1) is 8.30. The first-order valence-corrected chi connectivity index (χ1v) is 7.68. The average molecular weight is 285 g/mol. The van der Waals surface area contributed by atoms with Crippen molar-refractivity contribution in [3.63, 3.8) is 0 Å². The molecule has 0 N–H and O–H groups in total. The first kappa shape index (κ1) is 13.1. The fourth-order valence-corrected chi connectivity index (χ4v) is 2.99. The summed E-state index contributed by atoms with van der Waals surface area (Å²) >= 11 is 0. The Bertz CT molecular complexity index is 705. The van der Waals surface area contributed by atoms with Gasteiger partial charge in [-0.15, -0.1) is 0 Å². The molecule has 96 valence electrons. The molecule has 0 aliphatic carbocycles. The van der Waals surface area contributed by atoms with Crippen LogP contribution in [-0.4, -0.2) is 18.2 Å². The lowest BCUT2D eigenvalue weighted by Crippen LogP contribution is -2.02. The van der Waals surface area contributed by atoms with E-state index in [0.717, 1.165) is 16.8 Å². The Morgan fingerprint density at radius 3 is 2.39 bits per heavy atom. The highest BCUT2D eigenvalue weighted by Crippen LogP contribution is 2.23. The van der Waals surface area contributed by atoms with Crippen LogP contribution in [0.3, 0.4) is 0 Å². The van der Waals surface area contributed by atoms with Crippen molar-refractivity contribution in [1.82, 2.24) is 9.78 Å². The van der Waals surface area contributed by atoms with Crippen LogP contribution in [0.4, 0.5) is 0 Å². The summed E-state index contributed by atoms with van der Waals surface area (Å²) < 4.78 is 24.3. The van der Waals surface area contributed by atoms with Gasteiger partial charge in [0, 0.05) is 10.7 Å². The fourth-order valence-electron chi connectivity index (χ4n) is 1.92. The summed E-state index contributed by atoms with van der Waals surface area (Å²) in [5, 5.41) is 4.10. The Balaban J connectivity index is 2.63. The molecule has 0 atom stereocenters. The van der Waals surface area contributed by atoms with Crippen molar-refractivity contribution in [3.8, 4) is 5.69 Å². The van der Waals surface area contributed by atoms with Crippen molar-refractivity contribution in [1.29, 1.82) is 0 Å². The van der Waals surface area contributed by atoms with Crippen molar-refractivity contribution < 1.29 is 8.42 Å². The number of aromatic nitrogens is 2. The maximum atomic E-state index is 11.3. The minimum Gasteiger partial charge on any atom is -0.236 e. The smallest absolute Gasteiger partial charge is 0.236 e. The Labute approximate surface area is 111 Å². The predicted octanol–water partition coefficient (Wildman–Crippen LogP) is 2.73. The Morgan fingerprint density at radius 2 is 1.89 bits per heavy atom. The minimum atomic E-state index is -3.75. The Kier molecular flexibility index (Phi) is 3.21. The monoisotopic (exact) mass is 284 g/mol.